The van der Waals surface area contributed by atoms with Gasteiger partial charge in [0.1, 0.15) is 8.79 Å². The lowest BCUT2D eigenvalue weighted by Gasteiger charge is -1.92. The number of nitrogens with two attached hydrogens (primary N) is 1. The summed E-state index contributed by atoms with van der Waals surface area (Å²) in [6, 6.07) is 0. The molecule has 1 heterocycles. The highest BCUT2D eigenvalue weighted by molar-refractivity contribution is 9.11. The highest BCUT2D eigenvalue weighted by Gasteiger charge is 2.15. The summed E-state index contributed by atoms with van der Waals surface area (Å²) in [5.41, 5.74) is 5.64. The number of thiazole rings is 1. The van der Waals surface area contributed by atoms with E-state index in [1.165, 1.54) is 18.4 Å². The molecule has 1 aromatic heterocycles. The number of aromatic nitrogens is 1. The van der Waals surface area contributed by atoms with Gasteiger partial charge in [-0.15, -0.1) is 11.3 Å². The highest BCUT2D eigenvalue weighted by Crippen LogP contribution is 2.24. The molecule has 6 heteroatoms. The van der Waals surface area contributed by atoms with Gasteiger partial charge in [0.2, 0.25) is 0 Å². The molecule has 0 aliphatic carbocycles. The first-order valence-electron chi connectivity index (χ1n) is 3.12. The molecule has 0 radical (unpaired) electrons. The predicted octanol–water partition coefficient (Wildman–Crippen LogP) is 1.15. The second-order valence-electron chi connectivity index (χ2n) is 1.93. The van der Waals surface area contributed by atoms with Crippen molar-refractivity contribution < 1.29 is 9.53 Å². The van der Waals surface area contributed by atoms with E-state index >= 15 is 0 Å². The fourth-order valence-corrected chi connectivity index (χ4v) is 2.12. The van der Waals surface area contributed by atoms with Gasteiger partial charge in [-0.3, -0.25) is 0 Å². The van der Waals surface area contributed by atoms with Gasteiger partial charge in [-0.2, -0.15) is 0 Å². The molecule has 0 spiro atoms. The normalized spacial score (nSPS) is 9.92. The van der Waals surface area contributed by atoms with Crippen molar-refractivity contribution in [3.63, 3.8) is 0 Å². The van der Waals surface area contributed by atoms with Crippen LogP contribution in [0, 0.1) is 0 Å². The molecule has 2 N–H and O–H groups in total. The minimum absolute atomic E-state index is 0.294. The van der Waals surface area contributed by atoms with Crippen molar-refractivity contribution in [2.24, 2.45) is 5.73 Å². The third-order valence-corrected chi connectivity index (χ3v) is 2.91. The van der Waals surface area contributed by atoms with E-state index in [2.05, 4.69) is 25.7 Å². The molecule has 0 unspecified atom stereocenters. The number of hydrogen-bond donors (Lipinski definition) is 1. The van der Waals surface area contributed by atoms with Gasteiger partial charge >= 0.3 is 5.97 Å². The topological polar surface area (TPSA) is 65.2 Å². The number of ether oxygens (including phenoxy) is 1. The lowest BCUT2D eigenvalue weighted by molar-refractivity contribution is 0.0593. The summed E-state index contributed by atoms with van der Waals surface area (Å²) in [5.74, 6) is -0.446. The van der Waals surface area contributed by atoms with Crippen LogP contribution in [0.4, 0.5) is 0 Å². The van der Waals surface area contributed by atoms with Crippen molar-refractivity contribution >= 4 is 33.2 Å². The first-order chi connectivity index (χ1) is 5.69. The molecule has 0 fully saturated rings. The van der Waals surface area contributed by atoms with E-state index in [0.29, 0.717) is 21.0 Å². The number of rotatable bonds is 2. The largest absolute Gasteiger partial charge is 0.464 e. The average molecular weight is 251 g/mol. The fourth-order valence-electron chi connectivity index (χ4n) is 0.653. The summed E-state index contributed by atoms with van der Waals surface area (Å²) >= 11 is 4.54. The van der Waals surface area contributed by atoms with E-state index in [9.17, 15) is 4.79 Å². The van der Waals surface area contributed by atoms with Crippen LogP contribution >= 0.6 is 27.3 Å². The summed E-state index contributed by atoms with van der Waals surface area (Å²) in [6.07, 6.45) is 0. The Hall–Kier alpha value is -0.460. The molecule has 1 aromatic rings. The Morgan fingerprint density at radius 3 is 2.92 bits per heavy atom. The molecule has 0 amide bonds. The third-order valence-electron chi connectivity index (χ3n) is 1.18. The van der Waals surface area contributed by atoms with Crippen molar-refractivity contribution in [3.05, 3.63) is 14.5 Å². The number of nitrogens with zero attached hydrogens (tertiary/aromatic N) is 1. The maximum atomic E-state index is 11.0. The quantitative estimate of drug-likeness (QED) is 0.801. The highest BCUT2D eigenvalue weighted by atomic mass is 79.9. The number of hydrogen-bond acceptors (Lipinski definition) is 5. The minimum atomic E-state index is -0.446. The van der Waals surface area contributed by atoms with Gasteiger partial charge in [-0.1, -0.05) is 0 Å². The van der Waals surface area contributed by atoms with Crippen LogP contribution in [0.15, 0.2) is 3.79 Å². The van der Waals surface area contributed by atoms with Gasteiger partial charge in [-0.05, 0) is 15.9 Å². The Morgan fingerprint density at radius 1 is 1.83 bits per heavy atom. The van der Waals surface area contributed by atoms with Crippen LogP contribution in [0.2, 0.25) is 0 Å². The van der Waals surface area contributed by atoms with Crippen LogP contribution in [0.1, 0.15) is 15.5 Å². The molecule has 66 valence electrons. The maximum Gasteiger partial charge on any atom is 0.358 e. The standard InChI is InChI=1S/C6H7BrN2O2S/c1-11-6(10)4-5(7)12-3(2-8)9-4/h2,8H2,1H3. The molecule has 0 atom stereocenters. The number of halogens is 1. The molecule has 4 nitrogen and oxygen atoms in total. The van der Waals surface area contributed by atoms with Crippen LogP contribution in [0.5, 0.6) is 0 Å². The molecular weight excluding hydrogens is 244 g/mol. The molecule has 0 aromatic carbocycles. The second-order valence-corrected chi connectivity index (χ2v) is 4.33. The van der Waals surface area contributed by atoms with E-state index < -0.39 is 5.97 Å². The number of carbonyl (C=O) groups is 1. The Morgan fingerprint density at radius 2 is 2.50 bits per heavy atom. The number of carbonyl (C=O) groups excluding carboxylic acids is 1. The molecule has 12 heavy (non-hydrogen) atoms. The lowest BCUT2D eigenvalue weighted by atomic mass is 10.5. The lowest BCUT2D eigenvalue weighted by Crippen LogP contribution is -2.03. The summed E-state index contributed by atoms with van der Waals surface area (Å²) in [6.45, 7) is 0.334. The van der Waals surface area contributed by atoms with Crippen LogP contribution in [-0.2, 0) is 11.3 Å². The first-order valence-corrected chi connectivity index (χ1v) is 4.73. The van der Waals surface area contributed by atoms with Gasteiger partial charge < -0.3 is 10.5 Å². The van der Waals surface area contributed by atoms with E-state index in [0.717, 1.165) is 0 Å². The Bertz CT molecular complexity index is 300. The summed E-state index contributed by atoms with van der Waals surface area (Å²) in [4.78, 5) is 15.0. The van der Waals surface area contributed by atoms with Crippen molar-refractivity contribution in [3.8, 4) is 0 Å². The molecule has 0 aliphatic heterocycles. The molecule has 0 aliphatic rings. The van der Waals surface area contributed by atoms with Crippen LogP contribution < -0.4 is 5.73 Å². The molecule has 1 rings (SSSR count). The second kappa shape index (κ2) is 3.97. The Kier molecular flexibility index (Phi) is 3.19. The van der Waals surface area contributed by atoms with E-state index in [-0.39, 0.29) is 0 Å². The fraction of sp³-hybridized carbons (Fsp3) is 0.333. The van der Waals surface area contributed by atoms with Gasteiger partial charge in [0.05, 0.1) is 7.11 Å². The van der Waals surface area contributed by atoms with Crippen molar-refractivity contribution in [2.75, 3.05) is 7.11 Å². The number of esters is 1. The van der Waals surface area contributed by atoms with Gasteiger partial charge in [0.25, 0.3) is 0 Å². The zero-order valence-electron chi connectivity index (χ0n) is 6.33. The summed E-state index contributed by atoms with van der Waals surface area (Å²) < 4.78 is 5.17. The smallest absolute Gasteiger partial charge is 0.358 e. The zero-order chi connectivity index (χ0) is 9.14. The van der Waals surface area contributed by atoms with Gasteiger partial charge in [-0.25, -0.2) is 9.78 Å². The molecule has 0 saturated heterocycles. The third kappa shape index (κ3) is 1.82. The average Bonchev–Trinajstić information content (AvgIpc) is 2.45. The maximum absolute atomic E-state index is 11.0. The van der Waals surface area contributed by atoms with E-state index in [1.54, 1.807) is 0 Å². The molecule has 0 saturated carbocycles. The van der Waals surface area contributed by atoms with Crippen molar-refractivity contribution in [1.82, 2.24) is 4.98 Å². The summed E-state index contributed by atoms with van der Waals surface area (Å²) in [5, 5.41) is 0.710. The van der Waals surface area contributed by atoms with Crippen LogP contribution in [0.3, 0.4) is 0 Å². The zero-order valence-corrected chi connectivity index (χ0v) is 8.74. The Balaban J connectivity index is 2.99. The molecule has 0 bridgehead atoms. The minimum Gasteiger partial charge on any atom is -0.464 e. The SMILES string of the molecule is COC(=O)c1nc(CN)sc1Br. The van der Waals surface area contributed by atoms with E-state index in [4.69, 9.17) is 5.73 Å². The van der Waals surface area contributed by atoms with Crippen molar-refractivity contribution in [2.45, 2.75) is 6.54 Å². The van der Waals surface area contributed by atoms with Gasteiger partial charge in [0, 0.05) is 6.54 Å². The van der Waals surface area contributed by atoms with Crippen LogP contribution in [-0.4, -0.2) is 18.1 Å². The Labute approximate surface area is 81.9 Å². The first kappa shape index (κ1) is 9.63. The van der Waals surface area contributed by atoms with Gasteiger partial charge in [0.15, 0.2) is 5.69 Å². The van der Waals surface area contributed by atoms with E-state index in [1.807, 2.05) is 0 Å². The van der Waals surface area contributed by atoms with Crippen LogP contribution in [0.25, 0.3) is 0 Å². The predicted molar refractivity (Wildman–Crippen MR) is 49.0 cm³/mol. The van der Waals surface area contributed by atoms with Crippen molar-refractivity contribution in [1.29, 1.82) is 0 Å². The molecular formula is C6H7BrN2O2S. The monoisotopic (exact) mass is 250 g/mol. The summed E-state index contributed by atoms with van der Waals surface area (Å²) in [7, 11) is 1.32. The number of methoxy groups -OCH3 is 1.